The first-order valence-corrected chi connectivity index (χ1v) is 12.3. The van der Waals surface area contributed by atoms with E-state index in [4.69, 9.17) is 0 Å². The largest absolute Gasteiger partial charge is 0.325 e. The lowest BCUT2D eigenvalue weighted by atomic mass is 10.1. The summed E-state index contributed by atoms with van der Waals surface area (Å²) in [6, 6.07) is 26.9. The van der Waals surface area contributed by atoms with Crippen LogP contribution >= 0.6 is 23.1 Å². The minimum Gasteiger partial charge on any atom is -0.325 e. The fraction of sp³-hybridized carbons (Fsp3) is 0.111. The summed E-state index contributed by atoms with van der Waals surface area (Å²) in [7, 11) is 0. The maximum Gasteiger partial charge on any atom is 0.265 e. The van der Waals surface area contributed by atoms with Crippen LogP contribution in [0.3, 0.4) is 0 Å². The van der Waals surface area contributed by atoms with Gasteiger partial charge in [-0.3, -0.25) is 9.59 Å². The summed E-state index contributed by atoms with van der Waals surface area (Å²) in [5, 5.41) is 7.47. The number of hydrogen-bond donors (Lipinski definition) is 2. The van der Waals surface area contributed by atoms with Crippen LogP contribution in [0.15, 0.2) is 95.2 Å². The molecule has 0 saturated heterocycles. The van der Waals surface area contributed by atoms with E-state index < -0.39 is 5.25 Å². The molecule has 1 aromatic heterocycles. The van der Waals surface area contributed by atoms with E-state index in [0.717, 1.165) is 27.3 Å². The van der Waals surface area contributed by atoms with Gasteiger partial charge in [0.15, 0.2) is 0 Å². The van der Waals surface area contributed by atoms with Crippen molar-refractivity contribution in [1.29, 1.82) is 0 Å². The van der Waals surface area contributed by atoms with Crippen LogP contribution in [-0.4, -0.2) is 11.8 Å². The van der Waals surface area contributed by atoms with Gasteiger partial charge in [0.1, 0.15) is 5.25 Å². The SMILES string of the molecule is Cc1cccc(NC(=O)C(Sc2cccc(NC(=O)c3cccs3)c2)c2ccccc2)c1C. The Morgan fingerprint density at radius 1 is 0.848 bits per heavy atom. The number of aryl methyl sites for hydroxylation is 1. The van der Waals surface area contributed by atoms with E-state index in [-0.39, 0.29) is 11.8 Å². The lowest BCUT2D eigenvalue weighted by Gasteiger charge is -2.19. The van der Waals surface area contributed by atoms with Crippen LogP contribution in [0.2, 0.25) is 0 Å². The van der Waals surface area contributed by atoms with E-state index in [1.165, 1.54) is 23.1 Å². The molecule has 1 heterocycles. The van der Waals surface area contributed by atoms with Crippen LogP contribution in [0.1, 0.15) is 31.6 Å². The third kappa shape index (κ3) is 5.72. The molecule has 166 valence electrons. The number of thioether (sulfide) groups is 1. The van der Waals surface area contributed by atoms with E-state index >= 15 is 0 Å². The van der Waals surface area contributed by atoms with Crippen LogP contribution in [-0.2, 0) is 4.79 Å². The minimum atomic E-state index is -0.450. The zero-order chi connectivity index (χ0) is 23.2. The molecular formula is C27H24N2O2S2. The fourth-order valence-electron chi connectivity index (χ4n) is 3.37. The molecule has 4 aromatic rings. The average molecular weight is 473 g/mol. The number of carbonyl (C=O) groups excluding carboxylic acids is 2. The van der Waals surface area contributed by atoms with Gasteiger partial charge >= 0.3 is 0 Å². The molecule has 0 aliphatic carbocycles. The standard InChI is InChI=1S/C27H24N2O2S2/c1-18-9-6-14-23(19(18)2)29-27(31)25(20-10-4-3-5-11-20)33-22-13-7-12-21(17-22)28-26(30)24-15-8-16-32-24/h3-17,25H,1-2H3,(H,28,30)(H,29,31). The molecule has 4 nitrogen and oxygen atoms in total. The van der Waals surface area contributed by atoms with E-state index in [0.29, 0.717) is 10.6 Å². The summed E-state index contributed by atoms with van der Waals surface area (Å²) in [4.78, 5) is 27.4. The lowest BCUT2D eigenvalue weighted by molar-refractivity contribution is -0.115. The van der Waals surface area contributed by atoms with Gasteiger partial charge in [0.25, 0.3) is 5.91 Å². The number of hydrogen-bond acceptors (Lipinski definition) is 4. The molecule has 6 heteroatoms. The molecule has 1 atom stereocenters. The third-order valence-electron chi connectivity index (χ3n) is 5.29. The number of rotatable bonds is 7. The Labute approximate surface area is 202 Å². The van der Waals surface area contributed by atoms with Gasteiger partial charge in [-0.15, -0.1) is 23.1 Å². The summed E-state index contributed by atoms with van der Waals surface area (Å²) in [5.74, 6) is -0.229. The first-order chi connectivity index (χ1) is 16.0. The van der Waals surface area contributed by atoms with Crippen LogP contribution in [0.5, 0.6) is 0 Å². The molecule has 2 amide bonds. The maximum atomic E-state index is 13.4. The molecule has 0 fully saturated rings. The van der Waals surface area contributed by atoms with Crippen LogP contribution in [0, 0.1) is 13.8 Å². The van der Waals surface area contributed by atoms with Gasteiger partial charge in [0.2, 0.25) is 5.91 Å². The van der Waals surface area contributed by atoms with Crippen molar-refractivity contribution in [2.24, 2.45) is 0 Å². The predicted molar refractivity (Wildman–Crippen MR) is 138 cm³/mol. The molecule has 0 aliphatic heterocycles. The molecular weight excluding hydrogens is 448 g/mol. The second-order valence-electron chi connectivity index (χ2n) is 7.60. The molecule has 0 radical (unpaired) electrons. The minimum absolute atomic E-state index is 0.0899. The second kappa shape index (κ2) is 10.5. The van der Waals surface area contributed by atoms with E-state index in [1.54, 1.807) is 6.07 Å². The fourth-order valence-corrected chi connectivity index (χ4v) is 5.07. The lowest BCUT2D eigenvalue weighted by Crippen LogP contribution is -2.19. The predicted octanol–water partition coefficient (Wildman–Crippen LogP) is 7.09. The topological polar surface area (TPSA) is 58.2 Å². The van der Waals surface area contributed by atoms with Gasteiger partial charge in [-0.2, -0.15) is 0 Å². The van der Waals surface area contributed by atoms with Crippen molar-refractivity contribution in [2.75, 3.05) is 10.6 Å². The van der Waals surface area contributed by atoms with Crippen LogP contribution < -0.4 is 10.6 Å². The van der Waals surface area contributed by atoms with Crippen molar-refractivity contribution in [3.8, 4) is 0 Å². The first kappa shape index (κ1) is 22.8. The number of amides is 2. The van der Waals surface area contributed by atoms with E-state index in [2.05, 4.69) is 10.6 Å². The molecule has 0 saturated carbocycles. The molecule has 4 rings (SSSR count). The molecule has 1 unspecified atom stereocenters. The summed E-state index contributed by atoms with van der Waals surface area (Å²) >= 11 is 2.86. The van der Waals surface area contributed by atoms with Crippen molar-refractivity contribution < 1.29 is 9.59 Å². The van der Waals surface area contributed by atoms with Crippen molar-refractivity contribution in [3.63, 3.8) is 0 Å². The highest BCUT2D eigenvalue weighted by Gasteiger charge is 2.23. The number of carbonyl (C=O) groups is 2. The van der Waals surface area contributed by atoms with E-state index in [9.17, 15) is 9.59 Å². The molecule has 3 aromatic carbocycles. The Bertz CT molecular complexity index is 1250. The monoisotopic (exact) mass is 472 g/mol. The highest BCUT2D eigenvalue weighted by molar-refractivity contribution is 8.00. The third-order valence-corrected chi connectivity index (χ3v) is 7.41. The Balaban J connectivity index is 1.56. The summed E-state index contributed by atoms with van der Waals surface area (Å²) in [5.41, 5.74) is 4.61. The summed E-state index contributed by atoms with van der Waals surface area (Å²) in [6.07, 6.45) is 0. The quantitative estimate of drug-likeness (QED) is 0.282. The highest BCUT2D eigenvalue weighted by atomic mass is 32.2. The zero-order valence-corrected chi connectivity index (χ0v) is 20.0. The summed E-state index contributed by atoms with van der Waals surface area (Å²) < 4.78 is 0. The molecule has 2 N–H and O–H groups in total. The Morgan fingerprint density at radius 2 is 1.64 bits per heavy atom. The van der Waals surface area contributed by atoms with E-state index in [1.807, 2.05) is 98.1 Å². The molecule has 33 heavy (non-hydrogen) atoms. The van der Waals surface area contributed by atoms with Crippen molar-refractivity contribution in [2.45, 2.75) is 24.0 Å². The van der Waals surface area contributed by atoms with Gasteiger partial charge in [-0.05, 0) is 66.2 Å². The Morgan fingerprint density at radius 3 is 2.39 bits per heavy atom. The normalized spacial score (nSPS) is 11.6. The highest BCUT2D eigenvalue weighted by Crippen LogP contribution is 2.37. The van der Waals surface area contributed by atoms with Crippen LogP contribution in [0.25, 0.3) is 0 Å². The second-order valence-corrected chi connectivity index (χ2v) is 9.73. The molecule has 0 bridgehead atoms. The number of nitrogens with one attached hydrogen (secondary N) is 2. The van der Waals surface area contributed by atoms with Crippen molar-refractivity contribution >= 4 is 46.3 Å². The first-order valence-electron chi connectivity index (χ1n) is 10.5. The van der Waals surface area contributed by atoms with Gasteiger partial charge < -0.3 is 10.6 Å². The number of anilines is 2. The van der Waals surface area contributed by atoms with Crippen molar-refractivity contribution in [3.05, 3.63) is 112 Å². The number of thiophene rings is 1. The van der Waals surface area contributed by atoms with Gasteiger partial charge in [-0.25, -0.2) is 0 Å². The molecule has 0 aliphatic rings. The van der Waals surface area contributed by atoms with Gasteiger partial charge in [-0.1, -0.05) is 54.6 Å². The number of benzene rings is 3. The maximum absolute atomic E-state index is 13.4. The molecule has 0 spiro atoms. The smallest absolute Gasteiger partial charge is 0.265 e. The average Bonchev–Trinajstić information content (AvgIpc) is 3.37. The van der Waals surface area contributed by atoms with Gasteiger partial charge in [0, 0.05) is 16.3 Å². The summed E-state index contributed by atoms with van der Waals surface area (Å²) in [6.45, 7) is 4.04. The Hall–Kier alpha value is -3.35. The van der Waals surface area contributed by atoms with Gasteiger partial charge in [0.05, 0.1) is 4.88 Å². The Kier molecular flexibility index (Phi) is 7.27. The van der Waals surface area contributed by atoms with Crippen LogP contribution in [0.4, 0.5) is 11.4 Å². The zero-order valence-electron chi connectivity index (χ0n) is 18.4. The van der Waals surface area contributed by atoms with Crippen molar-refractivity contribution in [1.82, 2.24) is 0 Å².